The second-order valence-corrected chi connectivity index (χ2v) is 11.0. The number of fused-ring (bicyclic) bond motifs is 2. The molecular weight excluding hydrogens is 410 g/mol. The number of ether oxygens (including phenoxy) is 1. The van der Waals surface area contributed by atoms with Gasteiger partial charge in [-0.2, -0.15) is 5.10 Å². The number of carbonyl (C=O) groups excluding carboxylic acids is 1. The van der Waals surface area contributed by atoms with Crippen molar-refractivity contribution in [2.45, 2.75) is 53.0 Å². The standard InChI is InChI=1S/C28H33N3O2/c1-19-8-6-10-21(12-19)31-25(14-24(29-31)20-9-7-11-23(13-20)33-5)26(32)30-18-28(4)16-22(30)15-27(2,3)17-28/h6-14,22H,15-18H2,1-5H3. The number of amides is 1. The van der Waals surface area contributed by atoms with E-state index in [9.17, 15) is 4.79 Å². The molecule has 5 heteroatoms. The summed E-state index contributed by atoms with van der Waals surface area (Å²) >= 11 is 0. The Hall–Kier alpha value is -3.08. The Kier molecular flexibility index (Phi) is 5.11. The van der Waals surface area contributed by atoms with Crippen molar-refractivity contribution in [2.24, 2.45) is 10.8 Å². The van der Waals surface area contributed by atoms with E-state index in [-0.39, 0.29) is 22.8 Å². The van der Waals surface area contributed by atoms with Crippen LogP contribution < -0.4 is 4.74 Å². The number of aryl methyl sites for hydroxylation is 1. The van der Waals surface area contributed by atoms with Crippen LogP contribution >= 0.6 is 0 Å². The average Bonchev–Trinajstić information content (AvgIpc) is 3.31. The summed E-state index contributed by atoms with van der Waals surface area (Å²) in [5.74, 6) is 0.846. The first-order valence-electron chi connectivity index (χ1n) is 11.8. The van der Waals surface area contributed by atoms with E-state index in [0.29, 0.717) is 5.69 Å². The van der Waals surface area contributed by atoms with Gasteiger partial charge in [0.15, 0.2) is 0 Å². The first kappa shape index (κ1) is 21.7. The van der Waals surface area contributed by atoms with E-state index in [1.807, 2.05) is 47.1 Å². The van der Waals surface area contributed by atoms with Crippen LogP contribution in [0.25, 0.3) is 16.9 Å². The molecule has 3 aromatic rings. The lowest BCUT2D eigenvalue weighted by molar-refractivity contribution is 0.0699. The molecule has 2 heterocycles. The number of nitrogens with zero attached hydrogens (tertiary/aromatic N) is 3. The Bertz CT molecular complexity index is 1210. The van der Waals surface area contributed by atoms with E-state index < -0.39 is 0 Å². The van der Waals surface area contributed by atoms with Crippen molar-refractivity contribution in [3.05, 3.63) is 65.9 Å². The van der Waals surface area contributed by atoms with Gasteiger partial charge in [0.2, 0.25) is 0 Å². The van der Waals surface area contributed by atoms with E-state index in [1.165, 1.54) is 0 Å². The van der Waals surface area contributed by atoms with Gasteiger partial charge < -0.3 is 9.64 Å². The van der Waals surface area contributed by atoms with E-state index in [1.54, 1.807) is 7.11 Å². The molecule has 2 aliphatic rings. The largest absolute Gasteiger partial charge is 0.497 e. The lowest BCUT2D eigenvalue weighted by Gasteiger charge is -2.39. The van der Waals surface area contributed by atoms with Crippen molar-refractivity contribution in [3.8, 4) is 22.7 Å². The maximum absolute atomic E-state index is 14.0. The predicted octanol–water partition coefficient (Wildman–Crippen LogP) is 5.90. The zero-order valence-electron chi connectivity index (χ0n) is 20.3. The van der Waals surface area contributed by atoms with Gasteiger partial charge in [-0.1, -0.05) is 45.0 Å². The van der Waals surface area contributed by atoms with Crippen molar-refractivity contribution < 1.29 is 9.53 Å². The Balaban J connectivity index is 1.58. The summed E-state index contributed by atoms with van der Waals surface area (Å²) in [6.07, 6.45) is 3.30. The maximum atomic E-state index is 14.0. The van der Waals surface area contributed by atoms with Crippen molar-refractivity contribution in [1.29, 1.82) is 0 Å². The maximum Gasteiger partial charge on any atom is 0.272 e. The first-order valence-corrected chi connectivity index (χ1v) is 11.8. The molecule has 1 saturated carbocycles. The molecule has 2 atom stereocenters. The minimum absolute atomic E-state index is 0.0737. The zero-order chi connectivity index (χ0) is 23.4. The van der Waals surface area contributed by atoms with Gasteiger partial charge in [-0.05, 0) is 72.9 Å². The number of likely N-dealkylation sites (tertiary alicyclic amines) is 1. The number of aromatic nitrogens is 2. The van der Waals surface area contributed by atoms with Gasteiger partial charge in [-0.3, -0.25) is 4.79 Å². The van der Waals surface area contributed by atoms with Gasteiger partial charge in [0, 0.05) is 18.2 Å². The van der Waals surface area contributed by atoms with Crippen LogP contribution in [0.15, 0.2) is 54.6 Å². The van der Waals surface area contributed by atoms with E-state index in [2.05, 4.69) is 44.7 Å². The summed E-state index contributed by atoms with van der Waals surface area (Å²) in [5.41, 5.74) is 4.81. The first-order chi connectivity index (χ1) is 15.7. The molecule has 2 aromatic carbocycles. The minimum Gasteiger partial charge on any atom is -0.497 e. The Morgan fingerprint density at radius 2 is 1.85 bits per heavy atom. The predicted molar refractivity (Wildman–Crippen MR) is 131 cm³/mol. The van der Waals surface area contributed by atoms with Crippen molar-refractivity contribution in [2.75, 3.05) is 13.7 Å². The molecule has 0 radical (unpaired) electrons. The molecule has 5 nitrogen and oxygen atoms in total. The van der Waals surface area contributed by atoms with Crippen LogP contribution in [0, 0.1) is 17.8 Å². The van der Waals surface area contributed by atoms with Gasteiger partial charge in [0.25, 0.3) is 5.91 Å². The normalized spacial score (nSPS) is 23.5. The van der Waals surface area contributed by atoms with Crippen LogP contribution in [-0.2, 0) is 0 Å². The molecule has 1 aliphatic carbocycles. The number of rotatable bonds is 4. The number of hydrogen-bond donors (Lipinski definition) is 0. The van der Waals surface area contributed by atoms with Crippen molar-refractivity contribution >= 4 is 5.91 Å². The topological polar surface area (TPSA) is 47.4 Å². The van der Waals surface area contributed by atoms with Crippen LogP contribution in [0.2, 0.25) is 0 Å². The highest BCUT2D eigenvalue weighted by Gasteiger charge is 2.51. The highest BCUT2D eigenvalue weighted by molar-refractivity contribution is 5.95. The summed E-state index contributed by atoms with van der Waals surface area (Å²) in [6, 6.07) is 18.2. The summed E-state index contributed by atoms with van der Waals surface area (Å²) < 4.78 is 7.23. The molecule has 2 unspecified atom stereocenters. The summed E-state index contributed by atoms with van der Waals surface area (Å²) in [4.78, 5) is 16.1. The zero-order valence-corrected chi connectivity index (χ0v) is 20.3. The summed E-state index contributed by atoms with van der Waals surface area (Å²) in [7, 11) is 1.66. The fraction of sp³-hybridized carbons (Fsp3) is 0.429. The molecule has 172 valence electrons. The van der Waals surface area contributed by atoms with E-state index >= 15 is 0 Å². The van der Waals surface area contributed by atoms with Crippen LogP contribution in [0.1, 0.15) is 56.1 Å². The smallest absolute Gasteiger partial charge is 0.272 e. The lowest BCUT2D eigenvalue weighted by atomic mass is 9.65. The molecule has 1 saturated heterocycles. The third-order valence-corrected chi connectivity index (χ3v) is 7.22. The van der Waals surface area contributed by atoms with Crippen LogP contribution in [-0.4, -0.2) is 40.3 Å². The Morgan fingerprint density at radius 3 is 2.61 bits per heavy atom. The molecule has 33 heavy (non-hydrogen) atoms. The molecule has 1 amide bonds. The minimum atomic E-state index is 0.0737. The van der Waals surface area contributed by atoms with Gasteiger partial charge in [-0.15, -0.1) is 0 Å². The second-order valence-electron chi connectivity index (χ2n) is 11.0. The number of methoxy groups -OCH3 is 1. The van der Waals surface area contributed by atoms with Crippen molar-refractivity contribution in [1.82, 2.24) is 14.7 Å². The fourth-order valence-corrected chi connectivity index (χ4v) is 6.26. The fourth-order valence-electron chi connectivity index (χ4n) is 6.26. The van der Waals surface area contributed by atoms with Gasteiger partial charge in [0.1, 0.15) is 11.4 Å². The van der Waals surface area contributed by atoms with Crippen LogP contribution in [0.5, 0.6) is 5.75 Å². The lowest BCUT2D eigenvalue weighted by Crippen LogP contribution is -2.38. The van der Waals surface area contributed by atoms with Crippen LogP contribution in [0.4, 0.5) is 0 Å². The van der Waals surface area contributed by atoms with Gasteiger partial charge in [-0.25, -0.2) is 4.68 Å². The monoisotopic (exact) mass is 443 g/mol. The highest BCUT2D eigenvalue weighted by Crippen LogP contribution is 2.52. The van der Waals surface area contributed by atoms with Gasteiger partial charge in [0.05, 0.1) is 18.5 Å². The molecule has 0 spiro atoms. The SMILES string of the molecule is COc1cccc(-c2cc(C(=O)N3CC4(C)CC3CC(C)(C)C4)n(-c3cccc(C)c3)n2)c1. The van der Waals surface area contributed by atoms with E-state index in [4.69, 9.17) is 9.84 Å². The molecular formula is C28H33N3O2. The Morgan fingerprint density at radius 1 is 1.06 bits per heavy atom. The average molecular weight is 444 g/mol. The quantitative estimate of drug-likeness (QED) is 0.505. The number of hydrogen-bond acceptors (Lipinski definition) is 3. The third-order valence-electron chi connectivity index (χ3n) is 7.22. The highest BCUT2D eigenvalue weighted by atomic mass is 16.5. The summed E-state index contributed by atoms with van der Waals surface area (Å²) in [6.45, 7) is 9.89. The molecule has 5 rings (SSSR count). The molecule has 2 bridgehead atoms. The van der Waals surface area contributed by atoms with E-state index in [0.717, 1.165) is 54.1 Å². The molecule has 0 N–H and O–H groups in total. The Labute approximate surface area is 196 Å². The summed E-state index contributed by atoms with van der Waals surface area (Å²) in [5, 5.41) is 4.90. The molecule has 2 fully saturated rings. The third kappa shape index (κ3) is 4.05. The number of carbonyl (C=O) groups is 1. The molecule has 1 aliphatic heterocycles. The second kappa shape index (κ2) is 7.75. The molecule has 1 aromatic heterocycles. The van der Waals surface area contributed by atoms with Crippen LogP contribution in [0.3, 0.4) is 0 Å². The van der Waals surface area contributed by atoms with Crippen molar-refractivity contribution in [3.63, 3.8) is 0 Å². The van der Waals surface area contributed by atoms with Gasteiger partial charge >= 0.3 is 0 Å². The number of benzene rings is 2.